The second kappa shape index (κ2) is 10.2. The summed E-state index contributed by atoms with van der Waals surface area (Å²) in [7, 11) is 3.93. The van der Waals surface area contributed by atoms with Crippen molar-refractivity contribution in [1.82, 2.24) is 20.4 Å². The average Bonchev–Trinajstić information content (AvgIpc) is 2.71. The van der Waals surface area contributed by atoms with Crippen molar-refractivity contribution in [2.45, 2.75) is 19.0 Å². The van der Waals surface area contributed by atoms with Crippen LogP contribution in [0.15, 0.2) is 54.6 Å². The summed E-state index contributed by atoms with van der Waals surface area (Å²) in [6.45, 7) is 3.36. The van der Waals surface area contributed by atoms with Crippen LogP contribution in [-0.2, 0) is 16.1 Å². The van der Waals surface area contributed by atoms with Gasteiger partial charge in [-0.25, -0.2) is 0 Å². The van der Waals surface area contributed by atoms with Gasteiger partial charge in [0.15, 0.2) is 0 Å². The van der Waals surface area contributed by atoms with Gasteiger partial charge in [-0.1, -0.05) is 54.6 Å². The summed E-state index contributed by atoms with van der Waals surface area (Å²) in [6.07, 6.45) is 0.182. The second-order valence-corrected chi connectivity index (χ2v) is 7.70. The highest BCUT2D eigenvalue weighted by molar-refractivity contribution is 5.88. The van der Waals surface area contributed by atoms with Gasteiger partial charge in [0, 0.05) is 32.7 Å². The van der Waals surface area contributed by atoms with E-state index in [1.165, 1.54) is 11.1 Å². The first kappa shape index (κ1) is 21.0. The van der Waals surface area contributed by atoms with Crippen LogP contribution in [0.3, 0.4) is 0 Å². The van der Waals surface area contributed by atoms with Gasteiger partial charge < -0.3 is 15.5 Å². The summed E-state index contributed by atoms with van der Waals surface area (Å²) < 4.78 is 0. The molecule has 0 aliphatic carbocycles. The number of amides is 2. The predicted molar refractivity (Wildman–Crippen MR) is 115 cm³/mol. The van der Waals surface area contributed by atoms with Crippen LogP contribution in [0, 0.1) is 0 Å². The molecule has 1 fully saturated rings. The molecule has 2 aromatic carbocycles. The summed E-state index contributed by atoms with van der Waals surface area (Å²) in [4.78, 5) is 28.8. The largest absolute Gasteiger partial charge is 0.355 e. The number of carbonyl (C=O) groups is 2. The van der Waals surface area contributed by atoms with E-state index in [0.717, 1.165) is 18.7 Å². The van der Waals surface area contributed by atoms with E-state index in [2.05, 4.69) is 51.9 Å². The third-order valence-electron chi connectivity index (χ3n) is 5.15. The number of piperazine rings is 1. The average molecular weight is 395 g/mol. The first-order valence-corrected chi connectivity index (χ1v) is 10.1. The van der Waals surface area contributed by atoms with Gasteiger partial charge in [-0.15, -0.1) is 0 Å². The van der Waals surface area contributed by atoms with Crippen LogP contribution >= 0.6 is 0 Å². The molecule has 6 nitrogen and oxygen atoms in total. The second-order valence-electron chi connectivity index (χ2n) is 7.70. The van der Waals surface area contributed by atoms with E-state index < -0.39 is 6.04 Å². The molecule has 1 heterocycles. The van der Waals surface area contributed by atoms with Crippen molar-refractivity contribution in [3.63, 3.8) is 0 Å². The maximum absolute atomic E-state index is 12.4. The maximum Gasteiger partial charge on any atom is 0.237 e. The van der Waals surface area contributed by atoms with E-state index in [9.17, 15) is 9.59 Å². The summed E-state index contributed by atoms with van der Waals surface area (Å²) >= 11 is 0. The third kappa shape index (κ3) is 6.14. The molecule has 0 radical (unpaired) electrons. The molecule has 1 saturated heterocycles. The Morgan fingerprint density at radius 1 is 1.10 bits per heavy atom. The summed E-state index contributed by atoms with van der Waals surface area (Å²) in [5.41, 5.74) is 3.49. The predicted octanol–water partition coefficient (Wildman–Crippen LogP) is 1.72. The van der Waals surface area contributed by atoms with Gasteiger partial charge in [-0.05, 0) is 30.8 Å². The number of rotatable bonds is 8. The first-order chi connectivity index (χ1) is 14.0. The fourth-order valence-corrected chi connectivity index (χ4v) is 3.51. The van der Waals surface area contributed by atoms with Crippen molar-refractivity contribution in [1.29, 1.82) is 0 Å². The van der Waals surface area contributed by atoms with Crippen LogP contribution in [-0.4, -0.2) is 67.9 Å². The fourth-order valence-electron chi connectivity index (χ4n) is 3.51. The van der Waals surface area contributed by atoms with Crippen molar-refractivity contribution in [3.05, 3.63) is 60.2 Å². The SMILES string of the molecule is CN(C)CCNC(=O)CC1C(=O)NCCN1Cc1ccc(-c2ccccc2)cc1. The smallest absolute Gasteiger partial charge is 0.237 e. The molecule has 1 unspecified atom stereocenters. The Morgan fingerprint density at radius 2 is 1.79 bits per heavy atom. The van der Waals surface area contributed by atoms with Crippen LogP contribution in [0.5, 0.6) is 0 Å². The molecule has 1 atom stereocenters. The lowest BCUT2D eigenvalue weighted by Gasteiger charge is -2.34. The molecule has 0 aromatic heterocycles. The molecular weight excluding hydrogens is 364 g/mol. The lowest BCUT2D eigenvalue weighted by Crippen LogP contribution is -2.56. The summed E-state index contributed by atoms with van der Waals surface area (Å²) in [6, 6.07) is 18.2. The lowest BCUT2D eigenvalue weighted by molar-refractivity contribution is -0.134. The quantitative estimate of drug-likeness (QED) is 0.716. The van der Waals surface area contributed by atoms with Crippen LogP contribution in [0.2, 0.25) is 0 Å². The van der Waals surface area contributed by atoms with Gasteiger partial charge in [-0.2, -0.15) is 0 Å². The highest BCUT2D eigenvalue weighted by Gasteiger charge is 2.31. The number of hydrogen-bond donors (Lipinski definition) is 2. The van der Waals surface area contributed by atoms with E-state index in [-0.39, 0.29) is 18.2 Å². The molecule has 29 heavy (non-hydrogen) atoms. The van der Waals surface area contributed by atoms with E-state index in [4.69, 9.17) is 0 Å². The van der Waals surface area contributed by atoms with Crippen molar-refractivity contribution in [2.75, 3.05) is 40.3 Å². The Hall–Kier alpha value is -2.70. The van der Waals surface area contributed by atoms with Crippen molar-refractivity contribution in [3.8, 4) is 11.1 Å². The maximum atomic E-state index is 12.4. The Balaban J connectivity index is 1.61. The minimum Gasteiger partial charge on any atom is -0.355 e. The van der Waals surface area contributed by atoms with Gasteiger partial charge in [0.05, 0.1) is 12.5 Å². The third-order valence-corrected chi connectivity index (χ3v) is 5.15. The van der Waals surface area contributed by atoms with Crippen molar-refractivity contribution < 1.29 is 9.59 Å². The number of carbonyl (C=O) groups excluding carboxylic acids is 2. The van der Waals surface area contributed by atoms with Crippen molar-refractivity contribution >= 4 is 11.8 Å². The Labute approximate surface area is 172 Å². The molecule has 6 heteroatoms. The van der Waals surface area contributed by atoms with Gasteiger partial charge in [0.1, 0.15) is 0 Å². The zero-order valence-electron chi connectivity index (χ0n) is 17.2. The molecule has 0 bridgehead atoms. The molecular formula is C23H30N4O2. The first-order valence-electron chi connectivity index (χ1n) is 10.1. The topological polar surface area (TPSA) is 64.7 Å². The lowest BCUT2D eigenvalue weighted by atomic mass is 10.0. The molecule has 2 amide bonds. The monoisotopic (exact) mass is 394 g/mol. The highest BCUT2D eigenvalue weighted by atomic mass is 16.2. The minimum atomic E-state index is -0.433. The molecule has 2 aromatic rings. The van der Waals surface area contributed by atoms with Gasteiger partial charge in [0.25, 0.3) is 0 Å². The van der Waals surface area contributed by atoms with Gasteiger partial charge >= 0.3 is 0 Å². The normalized spacial score (nSPS) is 17.2. The Kier molecular flexibility index (Phi) is 7.38. The summed E-state index contributed by atoms with van der Waals surface area (Å²) in [5.74, 6) is -0.154. The van der Waals surface area contributed by atoms with Crippen LogP contribution in [0.4, 0.5) is 0 Å². The number of nitrogens with one attached hydrogen (secondary N) is 2. The van der Waals surface area contributed by atoms with E-state index in [1.807, 2.05) is 37.2 Å². The van der Waals surface area contributed by atoms with Crippen LogP contribution in [0.25, 0.3) is 11.1 Å². The van der Waals surface area contributed by atoms with E-state index >= 15 is 0 Å². The van der Waals surface area contributed by atoms with Gasteiger partial charge in [0.2, 0.25) is 11.8 Å². The minimum absolute atomic E-state index is 0.0695. The molecule has 0 saturated carbocycles. The van der Waals surface area contributed by atoms with E-state index in [1.54, 1.807) is 0 Å². The zero-order valence-corrected chi connectivity index (χ0v) is 17.2. The number of hydrogen-bond acceptors (Lipinski definition) is 4. The molecule has 0 spiro atoms. The van der Waals surface area contributed by atoms with E-state index in [0.29, 0.717) is 19.6 Å². The van der Waals surface area contributed by atoms with Crippen LogP contribution in [0.1, 0.15) is 12.0 Å². The number of benzene rings is 2. The highest BCUT2D eigenvalue weighted by Crippen LogP contribution is 2.21. The number of likely N-dealkylation sites (N-methyl/N-ethyl adjacent to an activating group) is 1. The molecule has 1 aliphatic heterocycles. The molecule has 2 N–H and O–H groups in total. The standard InChI is InChI=1S/C23H30N4O2/c1-26(2)14-12-24-22(28)16-21-23(29)25-13-15-27(21)17-18-8-10-20(11-9-18)19-6-4-3-5-7-19/h3-11,21H,12-17H2,1-2H3,(H,24,28)(H,25,29). The molecule has 3 rings (SSSR count). The van der Waals surface area contributed by atoms with Crippen molar-refractivity contribution in [2.24, 2.45) is 0 Å². The summed E-state index contributed by atoms with van der Waals surface area (Å²) in [5, 5.41) is 5.79. The number of nitrogens with zero attached hydrogens (tertiary/aromatic N) is 2. The Bertz CT molecular complexity index is 805. The molecule has 154 valence electrons. The molecule has 1 aliphatic rings. The Morgan fingerprint density at radius 3 is 2.48 bits per heavy atom. The zero-order chi connectivity index (χ0) is 20.6. The fraction of sp³-hybridized carbons (Fsp3) is 0.391. The van der Waals surface area contributed by atoms with Crippen LogP contribution < -0.4 is 10.6 Å². The van der Waals surface area contributed by atoms with Gasteiger partial charge in [-0.3, -0.25) is 14.5 Å².